The van der Waals surface area contributed by atoms with Crippen molar-refractivity contribution in [2.45, 2.75) is 19.6 Å². The second kappa shape index (κ2) is 36.2. The first-order valence-corrected chi connectivity index (χ1v) is 43.6. The smallest absolute Gasteiger partial charge is 0.240 e. The number of aliphatic hydroxyl groups excluding tert-OH is 2. The fourth-order valence-corrected chi connectivity index (χ4v) is 15.9. The molecule has 16 aromatic rings. The lowest BCUT2D eigenvalue weighted by Gasteiger charge is -2.12. The first kappa shape index (κ1) is 81.9. The summed E-state index contributed by atoms with van der Waals surface area (Å²) in [5.41, 5.74) is 12.5. The normalized spacial score (nSPS) is 11.7. The number of rotatable bonds is 23. The average molecular weight is 1880 g/mol. The van der Waals surface area contributed by atoms with Gasteiger partial charge >= 0.3 is 0 Å². The van der Waals surface area contributed by atoms with Crippen LogP contribution in [0.2, 0.25) is 0 Å². The molecule has 0 spiro atoms. The Morgan fingerprint density at radius 1 is 0.330 bits per heavy atom. The van der Waals surface area contributed by atoms with Gasteiger partial charge in [-0.2, -0.15) is 38.5 Å². The molecule has 0 saturated heterocycles. The van der Waals surface area contributed by atoms with Crippen LogP contribution in [0.5, 0.6) is 0 Å². The number of benzene rings is 8. The molecule has 0 aliphatic heterocycles. The standard InChI is InChI=1S/2C20H18BrN5O3S.C19H16BrN5O2S.C18H14BrN5O2S/c2*21-17-13-22-26-19(12-18(25-20(17)26)14-4-2-1-3-5-14)24-15-6-8-16(9-7-15)30(28,29)23-10-11-27;1-21-28(26,27)15-9-7-14(8-10-15)23-18-11-17(13-5-3-2-4-6-13)24-19-16(20)12-22-25(18)19;19-15-11-21-24-17(22-13-6-8-14(9-7-13)27(20,25)26)10-16(23-18(15)24)12-4-2-1-3-5-12/h2*1-9,12-13,23-24,27H,10-11H2;2-12,21,23H,1H3;1-11,22H,(H2,20,25,26). The van der Waals surface area contributed by atoms with Crippen molar-refractivity contribution in [1.29, 1.82) is 0 Å². The monoisotopic (exact) mass is 1870 g/mol. The summed E-state index contributed by atoms with van der Waals surface area (Å²) in [4.78, 5) is 19.2. The second-order valence-corrected chi connectivity index (χ2v) is 35.0. The summed E-state index contributed by atoms with van der Waals surface area (Å²) >= 11 is 13.9. The molecule has 0 radical (unpaired) electrons. The third-order valence-corrected chi connectivity index (χ3v) is 24.4. The number of anilines is 8. The van der Waals surface area contributed by atoms with Crippen molar-refractivity contribution in [3.8, 4) is 45.0 Å². The molecule has 0 atom stereocenters. The van der Waals surface area contributed by atoms with Gasteiger partial charge in [0.15, 0.2) is 22.6 Å². The summed E-state index contributed by atoms with van der Waals surface area (Å²) in [6.45, 7) is -0.596. The van der Waals surface area contributed by atoms with Crippen molar-refractivity contribution in [2.75, 3.05) is 54.6 Å². The number of aliphatic hydroxyl groups is 2. The Labute approximate surface area is 692 Å². The van der Waals surface area contributed by atoms with Crippen molar-refractivity contribution in [3.63, 3.8) is 0 Å². The molecule has 586 valence electrons. The number of sulfonamides is 4. The Balaban J connectivity index is 0.000000134. The van der Waals surface area contributed by atoms with Gasteiger partial charge < -0.3 is 31.5 Å². The fourth-order valence-electron chi connectivity index (χ4n) is 11.2. The molecule has 0 aliphatic carbocycles. The highest BCUT2D eigenvalue weighted by Gasteiger charge is 2.21. The predicted molar refractivity (Wildman–Crippen MR) is 456 cm³/mol. The van der Waals surface area contributed by atoms with Crippen LogP contribution in [0.1, 0.15) is 0 Å². The number of halogens is 4. The summed E-state index contributed by atoms with van der Waals surface area (Å²) in [6.07, 6.45) is 6.70. The van der Waals surface area contributed by atoms with Crippen LogP contribution < -0.4 is 40.6 Å². The van der Waals surface area contributed by atoms with E-state index in [-0.39, 0.29) is 45.9 Å². The Kier molecular flexibility index (Phi) is 25.8. The maximum atomic E-state index is 12.2. The first-order chi connectivity index (χ1) is 55.3. The Morgan fingerprint density at radius 2 is 0.557 bits per heavy atom. The van der Waals surface area contributed by atoms with E-state index in [0.717, 1.165) is 68.6 Å². The van der Waals surface area contributed by atoms with E-state index in [1.807, 2.05) is 146 Å². The third-order valence-electron chi connectivity index (χ3n) is 16.8. The van der Waals surface area contributed by atoms with Gasteiger partial charge in [0.1, 0.15) is 23.3 Å². The van der Waals surface area contributed by atoms with Crippen molar-refractivity contribution in [1.82, 2.24) is 72.6 Å². The number of hydrogen-bond donors (Lipinski definition) is 10. The predicted octanol–water partition coefficient (Wildman–Crippen LogP) is 13.7. The molecule has 8 aromatic carbocycles. The largest absolute Gasteiger partial charge is 0.395 e. The van der Waals surface area contributed by atoms with Crippen molar-refractivity contribution >= 4 is 172 Å². The Bertz CT molecular complexity index is 6410. The van der Waals surface area contributed by atoms with Gasteiger partial charge in [-0.1, -0.05) is 121 Å². The van der Waals surface area contributed by atoms with Crippen molar-refractivity contribution in [3.05, 3.63) is 285 Å². The molecule has 0 amide bonds. The number of fused-ring (bicyclic) bond motifs is 4. The van der Waals surface area contributed by atoms with E-state index in [1.165, 1.54) is 43.4 Å². The number of hydrogen-bond acceptors (Lipinski definition) is 22. The van der Waals surface area contributed by atoms with Crippen LogP contribution in [0, 0.1) is 0 Å². The highest BCUT2D eigenvalue weighted by atomic mass is 79.9. The summed E-state index contributed by atoms with van der Waals surface area (Å²) in [5.74, 6) is 2.75. The van der Waals surface area contributed by atoms with E-state index in [9.17, 15) is 33.7 Å². The molecule has 8 aromatic heterocycles. The SMILES string of the molecule is CNS(=O)(=O)c1ccc(Nc2cc(-c3ccccc3)nc3c(Br)cnn23)cc1.NS(=O)(=O)c1ccc(Nc2cc(-c3ccccc3)nc3c(Br)cnn23)cc1.O=S(=O)(NCCO)c1ccc(Nc2cc(-c3ccccc3)nc3c(Br)cnn23)cc1.O=S(=O)(NCCO)c1ccc(Nc2cc(-c3ccccc3)nc3c(Br)cnn23)cc1. The van der Waals surface area contributed by atoms with E-state index in [0.29, 0.717) is 62.9 Å². The van der Waals surface area contributed by atoms with E-state index < -0.39 is 40.1 Å². The summed E-state index contributed by atoms with van der Waals surface area (Å²) < 4.78 is 112. The highest BCUT2D eigenvalue weighted by molar-refractivity contribution is 9.11. The van der Waals surface area contributed by atoms with Crippen LogP contribution in [0.15, 0.2) is 305 Å². The zero-order valence-electron chi connectivity index (χ0n) is 60.0. The third kappa shape index (κ3) is 19.8. The lowest BCUT2D eigenvalue weighted by Crippen LogP contribution is -2.26. The summed E-state index contributed by atoms with van der Waals surface area (Å²) in [5, 5.41) is 53.3. The lowest BCUT2D eigenvalue weighted by atomic mass is 10.1. The first-order valence-electron chi connectivity index (χ1n) is 34.4. The van der Waals surface area contributed by atoms with E-state index in [1.54, 1.807) is 104 Å². The molecule has 0 bridgehead atoms. The molecule has 0 saturated carbocycles. The van der Waals surface area contributed by atoms with Crippen LogP contribution in [0.4, 0.5) is 46.0 Å². The summed E-state index contributed by atoms with van der Waals surface area (Å²) in [7, 11) is -13.1. The quantitative estimate of drug-likeness (QED) is 0.0284. The van der Waals surface area contributed by atoms with E-state index in [2.05, 4.69) is 134 Å². The minimum absolute atomic E-state index is 0.0340. The molecule has 115 heavy (non-hydrogen) atoms. The molecule has 0 aliphatic rings. The average Bonchev–Trinajstić information content (AvgIpc) is 1.69. The number of nitrogens with one attached hydrogen (secondary N) is 7. The lowest BCUT2D eigenvalue weighted by molar-refractivity contribution is 0.300. The zero-order valence-corrected chi connectivity index (χ0v) is 69.6. The van der Waals surface area contributed by atoms with Gasteiger partial charge in [0.05, 0.1) is 98.2 Å². The fraction of sp³-hybridized carbons (Fsp3) is 0.0649. The maximum Gasteiger partial charge on any atom is 0.240 e. The van der Waals surface area contributed by atoms with Gasteiger partial charge in [0.25, 0.3) is 0 Å². The number of primary sulfonamides is 1. The second-order valence-electron chi connectivity index (χ2n) is 24.6. The Hall–Kier alpha value is -11.1. The van der Waals surface area contributed by atoms with Crippen LogP contribution in [-0.4, -0.2) is 136 Å². The molecule has 8 heterocycles. The van der Waals surface area contributed by atoms with Gasteiger partial charge in [-0.25, -0.2) is 72.9 Å². The van der Waals surface area contributed by atoms with Gasteiger partial charge in [-0.3, -0.25) is 0 Å². The summed E-state index contributed by atoms with van der Waals surface area (Å²) in [6, 6.07) is 72.2. The molecular weight excluding hydrogens is 1810 g/mol. The molecule has 30 nitrogen and oxygen atoms in total. The Morgan fingerprint density at radius 3 is 0.774 bits per heavy atom. The maximum absolute atomic E-state index is 12.2. The molecule has 0 unspecified atom stereocenters. The van der Waals surface area contributed by atoms with Gasteiger partial charge in [-0.15, -0.1) is 0 Å². The van der Waals surface area contributed by atoms with Crippen molar-refractivity contribution < 1.29 is 43.9 Å². The molecule has 16 rings (SSSR count). The van der Waals surface area contributed by atoms with Gasteiger partial charge in [-0.05, 0) is 168 Å². The molecular formula is C77H66Br4N20O10S4. The number of nitrogens with two attached hydrogens (primary N) is 1. The molecule has 38 heteroatoms. The zero-order chi connectivity index (χ0) is 81.0. The van der Waals surface area contributed by atoms with Crippen molar-refractivity contribution in [2.24, 2.45) is 5.14 Å². The van der Waals surface area contributed by atoms with Gasteiger partial charge in [0.2, 0.25) is 40.1 Å². The van der Waals surface area contributed by atoms with Gasteiger partial charge in [0, 0.05) is 82.4 Å². The number of nitrogens with zero attached hydrogens (tertiary/aromatic N) is 12. The molecule has 0 fully saturated rings. The minimum Gasteiger partial charge on any atom is -0.395 e. The van der Waals surface area contributed by atoms with E-state index >= 15 is 0 Å². The molecule has 11 N–H and O–H groups in total. The number of aromatic nitrogens is 12. The van der Waals surface area contributed by atoms with E-state index in [4.69, 9.17) is 20.3 Å². The van der Waals surface area contributed by atoms with Crippen LogP contribution in [0.25, 0.3) is 67.6 Å². The van der Waals surface area contributed by atoms with Crippen LogP contribution in [0.3, 0.4) is 0 Å². The minimum atomic E-state index is -3.73. The van der Waals surface area contributed by atoms with Crippen LogP contribution in [-0.2, 0) is 40.1 Å². The highest BCUT2D eigenvalue weighted by Crippen LogP contribution is 2.34. The topological polar surface area (TPSA) is 408 Å². The van der Waals surface area contributed by atoms with Crippen LogP contribution >= 0.6 is 63.7 Å².